The maximum absolute atomic E-state index is 12.1. The van der Waals surface area contributed by atoms with Crippen molar-refractivity contribution >= 4 is 5.91 Å². The molecule has 0 bridgehead atoms. The van der Waals surface area contributed by atoms with Gasteiger partial charge in [-0.05, 0) is 98.2 Å². The number of rotatable bonds is 4. The van der Waals surface area contributed by atoms with Gasteiger partial charge in [0.15, 0.2) is 0 Å². The van der Waals surface area contributed by atoms with Crippen LogP contribution in [0, 0.1) is 40.4 Å². The summed E-state index contributed by atoms with van der Waals surface area (Å²) < 4.78 is 0. The highest BCUT2D eigenvalue weighted by molar-refractivity contribution is 5.75. The monoisotopic (exact) mass is 401 g/mol. The number of fused-ring (bicyclic) bond motifs is 5. The van der Waals surface area contributed by atoms with Crippen LogP contribution in [0.15, 0.2) is 11.6 Å². The Bertz CT molecular complexity index is 670. The van der Waals surface area contributed by atoms with Crippen LogP contribution in [0.5, 0.6) is 0 Å². The molecule has 0 aliphatic heterocycles. The largest absolute Gasteiger partial charge is 0.393 e. The van der Waals surface area contributed by atoms with Crippen LogP contribution in [-0.4, -0.2) is 36.1 Å². The van der Waals surface area contributed by atoms with Crippen molar-refractivity contribution in [1.82, 2.24) is 4.90 Å². The molecule has 0 aromatic heterocycles. The first kappa shape index (κ1) is 21.4. The molecule has 4 aliphatic carbocycles. The van der Waals surface area contributed by atoms with E-state index in [1.807, 2.05) is 14.1 Å². The summed E-state index contributed by atoms with van der Waals surface area (Å²) in [5.74, 6) is 4.18. The van der Waals surface area contributed by atoms with E-state index in [1.54, 1.807) is 10.5 Å². The van der Waals surface area contributed by atoms with Gasteiger partial charge in [-0.2, -0.15) is 0 Å². The molecule has 4 rings (SSSR count). The number of carbonyl (C=O) groups excluding carboxylic acids is 1. The van der Waals surface area contributed by atoms with Crippen molar-refractivity contribution < 1.29 is 9.90 Å². The fraction of sp³-hybridized carbons (Fsp3) is 0.885. The summed E-state index contributed by atoms with van der Waals surface area (Å²) in [6, 6.07) is 0. The molecule has 4 aliphatic rings. The minimum Gasteiger partial charge on any atom is -0.393 e. The Balaban J connectivity index is 1.49. The van der Waals surface area contributed by atoms with Gasteiger partial charge in [0.25, 0.3) is 0 Å². The van der Waals surface area contributed by atoms with Gasteiger partial charge < -0.3 is 10.0 Å². The number of allylic oxidation sites excluding steroid dienone is 1. The number of amides is 1. The maximum atomic E-state index is 12.1. The van der Waals surface area contributed by atoms with E-state index in [1.165, 1.54) is 38.5 Å². The van der Waals surface area contributed by atoms with E-state index in [-0.39, 0.29) is 12.0 Å². The van der Waals surface area contributed by atoms with Gasteiger partial charge in [-0.15, -0.1) is 0 Å². The van der Waals surface area contributed by atoms with E-state index < -0.39 is 0 Å². The number of aliphatic hydroxyl groups is 1. The molecule has 3 heteroatoms. The highest BCUT2D eigenvalue weighted by atomic mass is 16.3. The summed E-state index contributed by atoms with van der Waals surface area (Å²) in [4.78, 5) is 13.8. The van der Waals surface area contributed by atoms with Gasteiger partial charge in [-0.1, -0.05) is 32.4 Å². The highest BCUT2D eigenvalue weighted by Gasteiger charge is 2.59. The molecule has 3 fully saturated rings. The van der Waals surface area contributed by atoms with Crippen molar-refractivity contribution in [3.63, 3.8) is 0 Å². The molecule has 0 aromatic carbocycles. The maximum Gasteiger partial charge on any atom is 0.222 e. The van der Waals surface area contributed by atoms with Crippen LogP contribution >= 0.6 is 0 Å². The predicted molar refractivity (Wildman–Crippen MR) is 118 cm³/mol. The average Bonchev–Trinajstić information content (AvgIpc) is 3.03. The van der Waals surface area contributed by atoms with Gasteiger partial charge in [-0.25, -0.2) is 0 Å². The SMILES string of the molecule is CC(CCC(=O)N(C)C)[C@H]1CC[C@H]2[C@@H]3CC=C4C[C@@H](O)CC[C@]4(C)[C@H]3CC[C@]12C. The lowest BCUT2D eigenvalue weighted by Gasteiger charge is -2.58. The van der Waals surface area contributed by atoms with Crippen molar-refractivity contribution in [3.05, 3.63) is 11.6 Å². The fourth-order valence-electron chi connectivity index (χ4n) is 8.39. The van der Waals surface area contributed by atoms with E-state index in [9.17, 15) is 9.90 Å². The minimum absolute atomic E-state index is 0.110. The number of nitrogens with zero attached hydrogens (tertiary/aromatic N) is 1. The van der Waals surface area contributed by atoms with Gasteiger partial charge in [-0.3, -0.25) is 4.79 Å². The Morgan fingerprint density at radius 1 is 1.17 bits per heavy atom. The van der Waals surface area contributed by atoms with E-state index >= 15 is 0 Å². The smallest absolute Gasteiger partial charge is 0.222 e. The van der Waals surface area contributed by atoms with Gasteiger partial charge in [0.1, 0.15) is 0 Å². The zero-order chi connectivity index (χ0) is 21.0. The van der Waals surface area contributed by atoms with Crippen LogP contribution in [0.25, 0.3) is 0 Å². The zero-order valence-corrected chi connectivity index (χ0v) is 19.4. The minimum atomic E-state index is -0.110. The molecule has 1 unspecified atom stereocenters. The summed E-state index contributed by atoms with van der Waals surface area (Å²) in [5.41, 5.74) is 2.37. The second-order valence-electron chi connectivity index (χ2n) is 11.7. The highest BCUT2D eigenvalue weighted by Crippen LogP contribution is 2.67. The number of carbonyl (C=O) groups is 1. The second-order valence-corrected chi connectivity index (χ2v) is 11.7. The summed E-state index contributed by atoms with van der Waals surface area (Å²) in [5, 5.41) is 10.2. The molecule has 0 heterocycles. The van der Waals surface area contributed by atoms with Crippen LogP contribution in [0.4, 0.5) is 0 Å². The van der Waals surface area contributed by atoms with E-state index in [4.69, 9.17) is 0 Å². The number of hydrogen-bond donors (Lipinski definition) is 1. The molecule has 1 N–H and O–H groups in total. The second kappa shape index (κ2) is 7.70. The predicted octanol–water partition coefficient (Wildman–Crippen LogP) is 5.43. The number of aliphatic hydroxyl groups excluding tert-OH is 1. The van der Waals surface area contributed by atoms with Gasteiger partial charge in [0.05, 0.1) is 6.10 Å². The summed E-state index contributed by atoms with van der Waals surface area (Å²) in [7, 11) is 3.74. The summed E-state index contributed by atoms with van der Waals surface area (Å²) in [6.45, 7) is 7.53. The molecule has 0 radical (unpaired) electrons. The topological polar surface area (TPSA) is 40.5 Å². The van der Waals surface area contributed by atoms with Gasteiger partial charge in [0.2, 0.25) is 5.91 Å². The standard InChI is InChI=1S/C26H43NO2/c1-17(6-11-24(29)27(4)5)21-9-10-22-20-8-7-18-16-19(28)12-14-25(18,2)23(20)13-15-26(21,22)3/h7,17,19-23,28H,6,8-16H2,1-5H3/t17?,19-,20-,21+,22-,23-,25-,26+/m0/s1. The van der Waals surface area contributed by atoms with E-state index in [0.29, 0.717) is 23.2 Å². The first-order chi connectivity index (χ1) is 13.7. The van der Waals surface area contributed by atoms with Crippen molar-refractivity contribution in [1.29, 1.82) is 0 Å². The Hall–Kier alpha value is -0.830. The lowest BCUT2D eigenvalue weighted by molar-refractivity contribution is -0.129. The molecule has 3 saturated carbocycles. The molecule has 29 heavy (non-hydrogen) atoms. The zero-order valence-electron chi connectivity index (χ0n) is 19.4. The average molecular weight is 402 g/mol. The molecule has 3 nitrogen and oxygen atoms in total. The molecule has 164 valence electrons. The molecular formula is C26H43NO2. The van der Waals surface area contributed by atoms with Crippen LogP contribution in [-0.2, 0) is 4.79 Å². The lowest BCUT2D eigenvalue weighted by atomic mass is 9.47. The molecule has 1 amide bonds. The summed E-state index contributed by atoms with van der Waals surface area (Å²) >= 11 is 0. The molecule has 0 spiro atoms. The first-order valence-electron chi connectivity index (χ1n) is 12.2. The van der Waals surface area contributed by atoms with Crippen LogP contribution in [0.3, 0.4) is 0 Å². The van der Waals surface area contributed by atoms with Gasteiger partial charge >= 0.3 is 0 Å². The third-order valence-electron chi connectivity index (χ3n) is 10.2. The Morgan fingerprint density at radius 2 is 1.93 bits per heavy atom. The molecular weight excluding hydrogens is 358 g/mol. The Morgan fingerprint density at radius 3 is 2.66 bits per heavy atom. The summed E-state index contributed by atoms with van der Waals surface area (Å²) in [6.07, 6.45) is 14.0. The molecule has 0 saturated heterocycles. The first-order valence-corrected chi connectivity index (χ1v) is 12.2. The van der Waals surface area contributed by atoms with E-state index in [2.05, 4.69) is 26.8 Å². The fourth-order valence-corrected chi connectivity index (χ4v) is 8.39. The van der Waals surface area contributed by atoms with E-state index in [0.717, 1.165) is 42.9 Å². The Kier molecular flexibility index (Phi) is 5.68. The van der Waals surface area contributed by atoms with Crippen molar-refractivity contribution in [2.75, 3.05) is 14.1 Å². The van der Waals surface area contributed by atoms with Crippen molar-refractivity contribution in [3.8, 4) is 0 Å². The number of hydrogen-bond acceptors (Lipinski definition) is 2. The lowest BCUT2D eigenvalue weighted by Crippen LogP contribution is -2.50. The normalized spacial score (nSPS) is 44.9. The quantitative estimate of drug-likeness (QED) is 0.638. The molecule has 0 aromatic rings. The van der Waals surface area contributed by atoms with Crippen LogP contribution in [0.2, 0.25) is 0 Å². The van der Waals surface area contributed by atoms with Gasteiger partial charge in [0, 0.05) is 20.5 Å². The van der Waals surface area contributed by atoms with Crippen LogP contribution < -0.4 is 0 Å². The Labute approximate surface area is 178 Å². The third kappa shape index (κ3) is 3.50. The molecule has 8 atom stereocenters. The van der Waals surface area contributed by atoms with Crippen molar-refractivity contribution in [2.24, 2.45) is 40.4 Å². The van der Waals surface area contributed by atoms with Crippen LogP contribution in [0.1, 0.15) is 85.0 Å². The third-order valence-corrected chi connectivity index (χ3v) is 10.2. The van der Waals surface area contributed by atoms with Crippen molar-refractivity contribution in [2.45, 2.75) is 91.1 Å².